The number of piperazine rings is 1. The van der Waals surface area contributed by atoms with E-state index in [0.29, 0.717) is 10.7 Å². The second-order valence-electron chi connectivity index (χ2n) is 7.35. The van der Waals surface area contributed by atoms with Crippen LogP contribution in [0.15, 0.2) is 54.6 Å². The number of nitrogens with zero attached hydrogens (tertiary/aromatic N) is 1. The number of amides is 2. The Balaban J connectivity index is 1.40. The predicted molar refractivity (Wildman–Crippen MR) is 104 cm³/mol. The Hall–Kier alpha value is -2.21. The van der Waals surface area contributed by atoms with E-state index in [-0.39, 0.29) is 24.3 Å². The normalized spacial score (nSPS) is 25.8. The highest BCUT2D eigenvalue weighted by atomic mass is 35.5. The summed E-state index contributed by atoms with van der Waals surface area (Å²) in [5.74, 6) is -0.265. The molecule has 2 aliphatic heterocycles. The van der Waals surface area contributed by atoms with Crippen LogP contribution in [0.5, 0.6) is 0 Å². The van der Waals surface area contributed by atoms with Crippen LogP contribution in [0.4, 0.5) is 5.69 Å². The topological polar surface area (TPSA) is 46.3 Å². The molecule has 2 amide bonds. The zero-order valence-corrected chi connectivity index (χ0v) is 15.9. The summed E-state index contributed by atoms with van der Waals surface area (Å²) in [7, 11) is 0. The van der Waals surface area contributed by atoms with Crippen molar-refractivity contribution in [1.29, 1.82) is 0 Å². The molecular weight excluding hydrogens is 362 g/mol. The molecule has 2 heterocycles. The monoisotopic (exact) mass is 385 g/mol. The van der Waals surface area contributed by atoms with Gasteiger partial charge in [-0.2, -0.15) is 0 Å². The minimum absolute atomic E-state index is 0.116. The fourth-order valence-corrected chi connectivity index (χ4v) is 4.39. The fraction of sp³-hybridized carbons (Fsp3) is 0.333. The summed E-state index contributed by atoms with van der Waals surface area (Å²) < 4.78 is 0. The third kappa shape index (κ3) is 3.76. The van der Waals surface area contributed by atoms with Gasteiger partial charge in [0.25, 0.3) is 5.91 Å². The molecule has 0 spiro atoms. The highest BCUT2D eigenvalue weighted by molar-refractivity contribution is 6.36. The van der Waals surface area contributed by atoms with Gasteiger partial charge < -0.3 is 9.80 Å². The Morgan fingerprint density at radius 2 is 1.59 bits per heavy atom. The Labute approximate surface area is 164 Å². The molecule has 2 aliphatic rings. The second kappa shape index (κ2) is 7.80. The summed E-state index contributed by atoms with van der Waals surface area (Å²) in [4.78, 5) is 29.5. The van der Waals surface area contributed by atoms with E-state index < -0.39 is 0 Å². The smallest absolute Gasteiger partial charge is 0.292 e. The van der Waals surface area contributed by atoms with E-state index in [1.54, 1.807) is 24.3 Å². The molecule has 0 aromatic heterocycles. The largest absolute Gasteiger partial charge is 0.322 e. The summed E-state index contributed by atoms with van der Waals surface area (Å²) in [5, 5.41) is 0.437. The first kappa shape index (κ1) is 18.2. The van der Waals surface area contributed by atoms with Gasteiger partial charge in [-0.3, -0.25) is 9.59 Å². The van der Waals surface area contributed by atoms with Crippen LogP contribution < -0.4 is 14.7 Å². The van der Waals surface area contributed by atoms with Crippen molar-refractivity contribution in [2.75, 3.05) is 31.1 Å². The van der Waals surface area contributed by atoms with Gasteiger partial charge in [-0.25, -0.2) is 4.90 Å². The lowest BCUT2D eigenvalue weighted by atomic mass is 10.1. The number of hydrogen-bond acceptors (Lipinski definition) is 2. The standard InChI is InChI=1S/C21H22ClN3O2/c22-17-8-4-5-9-18(17)25-20(26)14-19(21(25)27)24-12-10-23(11-13-24)15-16-6-2-1-3-7-16/h1-9,19H,10-15H2/p+2/t19-/m1/s1. The van der Waals surface area contributed by atoms with Crippen molar-refractivity contribution in [3.63, 3.8) is 0 Å². The average molecular weight is 386 g/mol. The van der Waals surface area contributed by atoms with Crippen LogP contribution in [0.3, 0.4) is 0 Å². The molecule has 0 saturated carbocycles. The van der Waals surface area contributed by atoms with Crippen LogP contribution in [0.25, 0.3) is 0 Å². The van der Waals surface area contributed by atoms with Crippen LogP contribution in [0, 0.1) is 0 Å². The second-order valence-corrected chi connectivity index (χ2v) is 7.75. The van der Waals surface area contributed by atoms with Gasteiger partial charge in [0.1, 0.15) is 32.7 Å². The minimum Gasteiger partial charge on any atom is -0.322 e. The maximum absolute atomic E-state index is 13.0. The molecule has 2 N–H and O–H groups in total. The highest BCUT2D eigenvalue weighted by Crippen LogP contribution is 2.29. The fourth-order valence-electron chi connectivity index (χ4n) is 4.17. The Bertz CT molecular complexity index is 834. The van der Waals surface area contributed by atoms with E-state index in [1.165, 1.54) is 20.3 Å². The molecule has 2 fully saturated rings. The zero-order chi connectivity index (χ0) is 18.8. The number of hydrogen-bond donors (Lipinski definition) is 2. The van der Waals surface area contributed by atoms with Crippen molar-refractivity contribution in [3.8, 4) is 0 Å². The van der Waals surface area contributed by atoms with Crippen LogP contribution in [0.1, 0.15) is 12.0 Å². The minimum atomic E-state index is -0.285. The first-order valence-electron chi connectivity index (χ1n) is 9.47. The summed E-state index contributed by atoms with van der Waals surface area (Å²) in [6.45, 7) is 4.84. The third-order valence-electron chi connectivity index (χ3n) is 5.63. The van der Waals surface area contributed by atoms with Gasteiger partial charge in [0.15, 0.2) is 6.04 Å². The number of para-hydroxylation sites is 1. The molecule has 0 unspecified atom stereocenters. The van der Waals surface area contributed by atoms with Crippen LogP contribution in [-0.2, 0) is 16.1 Å². The SMILES string of the molecule is O=C1C[C@@H]([NH+]2CC[NH+](Cc3ccccc3)CC2)C(=O)N1c1ccccc1Cl. The lowest BCUT2D eigenvalue weighted by Crippen LogP contribution is -3.29. The number of quaternary nitrogens is 2. The number of halogens is 1. The van der Waals surface area contributed by atoms with Crippen LogP contribution >= 0.6 is 11.6 Å². The Morgan fingerprint density at radius 1 is 0.926 bits per heavy atom. The van der Waals surface area contributed by atoms with Crippen molar-refractivity contribution in [3.05, 3.63) is 65.2 Å². The summed E-state index contributed by atoms with van der Waals surface area (Å²) in [5.41, 5.74) is 1.84. The number of imide groups is 1. The summed E-state index contributed by atoms with van der Waals surface area (Å²) in [6, 6.07) is 17.3. The molecule has 4 rings (SSSR count). The van der Waals surface area contributed by atoms with E-state index in [4.69, 9.17) is 11.6 Å². The number of nitrogens with one attached hydrogen (secondary N) is 2. The van der Waals surface area contributed by atoms with Crippen molar-refractivity contribution in [1.82, 2.24) is 0 Å². The molecule has 1 atom stereocenters. The molecule has 2 saturated heterocycles. The number of carbonyl (C=O) groups is 2. The number of benzene rings is 2. The van der Waals surface area contributed by atoms with Gasteiger partial charge in [0, 0.05) is 5.56 Å². The zero-order valence-electron chi connectivity index (χ0n) is 15.2. The lowest BCUT2D eigenvalue weighted by molar-refractivity contribution is -1.02. The summed E-state index contributed by atoms with van der Waals surface area (Å²) in [6.07, 6.45) is 0.271. The number of rotatable bonds is 4. The van der Waals surface area contributed by atoms with E-state index in [2.05, 4.69) is 24.3 Å². The van der Waals surface area contributed by atoms with E-state index in [9.17, 15) is 9.59 Å². The molecule has 27 heavy (non-hydrogen) atoms. The van der Waals surface area contributed by atoms with E-state index >= 15 is 0 Å². The predicted octanol–water partition coefficient (Wildman–Crippen LogP) is -0.0445. The van der Waals surface area contributed by atoms with Gasteiger partial charge >= 0.3 is 0 Å². The molecule has 0 bridgehead atoms. The molecule has 140 valence electrons. The van der Waals surface area contributed by atoms with Crippen molar-refractivity contribution in [2.24, 2.45) is 0 Å². The van der Waals surface area contributed by atoms with Gasteiger partial charge in [0.2, 0.25) is 5.91 Å². The first-order valence-corrected chi connectivity index (χ1v) is 9.84. The van der Waals surface area contributed by atoms with Gasteiger partial charge in [-0.15, -0.1) is 0 Å². The Morgan fingerprint density at radius 3 is 2.30 bits per heavy atom. The molecule has 2 aromatic rings. The molecule has 0 radical (unpaired) electrons. The molecule has 2 aromatic carbocycles. The van der Waals surface area contributed by atoms with Gasteiger partial charge in [0.05, 0.1) is 17.1 Å². The van der Waals surface area contributed by atoms with Gasteiger partial charge in [-0.1, -0.05) is 54.1 Å². The van der Waals surface area contributed by atoms with Crippen molar-refractivity contribution < 1.29 is 19.4 Å². The highest BCUT2D eigenvalue weighted by Gasteiger charge is 2.47. The Kier molecular flexibility index (Phi) is 5.25. The quantitative estimate of drug-likeness (QED) is 0.725. The maximum Gasteiger partial charge on any atom is 0.292 e. The average Bonchev–Trinajstić information content (AvgIpc) is 2.98. The van der Waals surface area contributed by atoms with E-state index in [1.807, 2.05) is 6.07 Å². The van der Waals surface area contributed by atoms with Gasteiger partial charge in [-0.05, 0) is 12.1 Å². The molecule has 6 heteroatoms. The van der Waals surface area contributed by atoms with Crippen molar-refractivity contribution in [2.45, 2.75) is 19.0 Å². The first-order chi connectivity index (χ1) is 13.1. The lowest BCUT2D eigenvalue weighted by Gasteiger charge is -2.32. The van der Waals surface area contributed by atoms with Crippen LogP contribution in [-0.4, -0.2) is 44.0 Å². The summed E-state index contributed by atoms with van der Waals surface area (Å²) >= 11 is 6.21. The van der Waals surface area contributed by atoms with E-state index in [0.717, 1.165) is 32.7 Å². The molecular formula is C21H24ClN3O2+2. The molecule has 5 nitrogen and oxygen atoms in total. The number of carbonyl (C=O) groups excluding carboxylic acids is 2. The number of anilines is 1. The molecule has 0 aliphatic carbocycles. The van der Waals surface area contributed by atoms with Crippen molar-refractivity contribution >= 4 is 29.1 Å². The van der Waals surface area contributed by atoms with Crippen LogP contribution in [0.2, 0.25) is 5.02 Å². The maximum atomic E-state index is 13.0. The third-order valence-corrected chi connectivity index (χ3v) is 5.95.